The Hall–Kier alpha value is -3.22. The molecular weight excluding hydrogens is 611 g/mol. The van der Waals surface area contributed by atoms with Crippen LogP contribution < -0.4 is 5.32 Å². The molecule has 0 saturated heterocycles. The third-order valence-electron chi connectivity index (χ3n) is 8.85. The van der Waals surface area contributed by atoms with E-state index in [2.05, 4.69) is 104 Å². The highest BCUT2D eigenvalue weighted by Crippen LogP contribution is 2.51. The van der Waals surface area contributed by atoms with Gasteiger partial charge in [-0.3, -0.25) is 0 Å². The van der Waals surface area contributed by atoms with Gasteiger partial charge in [-0.1, -0.05) is 99.7 Å². The molecule has 0 aliphatic carbocycles. The van der Waals surface area contributed by atoms with Gasteiger partial charge in [0.05, 0.1) is 9.01 Å². The molecule has 1 N–H and O–H groups in total. The van der Waals surface area contributed by atoms with Crippen LogP contribution in [0.3, 0.4) is 0 Å². The average molecular weight is 646 g/mol. The van der Waals surface area contributed by atoms with Crippen LogP contribution >= 0.6 is 45.3 Å². The van der Waals surface area contributed by atoms with Crippen molar-refractivity contribution in [2.24, 2.45) is 0 Å². The van der Waals surface area contributed by atoms with Crippen molar-refractivity contribution < 1.29 is 0 Å². The molecule has 0 saturated carbocycles. The topological polar surface area (TPSA) is 12.0 Å². The first kappa shape index (κ1) is 28.3. The molecule has 0 atom stereocenters. The molecule has 8 aromatic rings. The Balaban J connectivity index is 1.23. The van der Waals surface area contributed by atoms with Crippen molar-refractivity contribution in [1.82, 2.24) is 0 Å². The number of nitrogens with one attached hydrogen (secondary N) is 1. The smallest absolute Gasteiger partial charge is 0.0974 e. The van der Waals surface area contributed by atoms with Gasteiger partial charge in [0, 0.05) is 68.3 Å². The van der Waals surface area contributed by atoms with Crippen LogP contribution in [0.2, 0.25) is 0 Å². The van der Waals surface area contributed by atoms with Crippen LogP contribution in [-0.2, 0) is 0 Å². The van der Waals surface area contributed by atoms with Crippen molar-refractivity contribution in [2.75, 3.05) is 11.9 Å². The molecule has 4 aromatic heterocycles. The van der Waals surface area contributed by atoms with Crippen molar-refractivity contribution >= 4 is 100 Å². The van der Waals surface area contributed by atoms with E-state index in [9.17, 15) is 0 Å². The van der Waals surface area contributed by atoms with Crippen molar-refractivity contribution in [3.63, 3.8) is 0 Å². The summed E-state index contributed by atoms with van der Waals surface area (Å²) in [6.45, 7) is 5.59. The molecule has 0 unspecified atom stereocenters. The Morgan fingerprint density at radius 3 is 1.73 bits per heavy atom. The highest BCUT2D eigenvalue weighted by atomic mass is 32.2. The van der Waals surface area contributed by atoms with Crippen LogP contribution in [0.15, 0.2) is 84.9 Å². The summed E-state index contributed by atoms with van der Waals surface area (Å²) in [5.41, 5.74) is 5.37. The van der Waals surface area contributed by atoms with Crippen LogP contribution in [0.25, 0.3) is 72.0 Å². The zero-order valence-corrected chi connectivity index (χ0v) is 28.4. The van der Waals surface area contributed by atoms with Gasteiger partial charge in [0.2, 0.25) is 0 Å². The summed E-state index contributed by atoms with van der Waals surface area (Å²) < 4.78 is 6.99. The predicted octanol–water partition coefficient (Wildman–Crippen LogP) is 14.1. The molecule has 0 aliphatic heterocycles. The minimum atomic E-state index is 1.04. The summed E-state index contributed by atoms with van der Waals surface area (Å²) in [4.78, 5) is 1.39. The van der Waals surface area contributed by atoms with E-state index in [1.165, 1.54) is 120 Å². The van der Waals surface area contributed by atoms with Gasteiger partial charge in [-0.15, -0.1) is 45.3 Å². The number of hydrogen-bond acceptors (Lipinski definition) is 5. The molecule has 4 aromatic carbocycles. The number of aryl methyl sites for hydroxylation is 1. The Bertz CT molecular complexity index is 2250. The zero-order chi connectivity index (χ0) is 29.6. The summed E-state index contributed by atoms with van der Waals surface area (Å²) >= 11 is 7.79. The van der Waals surface area contributed by atoms with Crippen molar-refractivity contribution in [3.8, 4) is 22.3 Å². The molecule has 0 fully saturated rings. The number of hydrogen-bond donors (Lipinski definition) is 1. The standard InChI is InChI=1S/C39H35NS4/c1-3-4-5-6-7-14-19-40-38-36(26-17-12-9-13-18-26)28-21-34-30(23-32(28)42-38)37-29-22-31-27(20-33(29)43-39(37)44-34)35(24(2)41-31)25-15-10-8-11-16-25/h8-13,15-18,20-23,40H,3-7,14,19H2,1-2H3. The molecule has 0 aliphatic rings. The van der Waals surface area contributed by atoms with E-state index in [-0.39, 0.29) is 0 Å². The summed E-state index contributed by atoms with van der Waals surface area (Å²) in [7, 11) is 0. The third-order valence-corrected chi connectivity index (χ3v) is 13.4. The lowest BCUT2D eigenvalue weighted by Crippen LogP contribution is -2.00. The second-order valence-corrected chi connectivity index (χ2v) is 16.5. The minimum Gasteiger partial charge on any atom is -0.376 e. The molecule has 0 spiro atoms. The SMILES string of the molecule is CCCCCCCCNc1sc2cc3c(cc2c1-c1ccccc1)sc1sc2cc4c(-c5ccccc5)c(C)sc4cc2c13. The maximum Gasteiger partial charge on any atom is 0.0974 e. The molecule has 1 nitrogen and oxygen atoms in total. The predicted molar refractivity (Wildman–Crippen MR) is 203 cm³/mol. The van der Waals surface area contributed by atoms with Gasteiger partial charge in [0.15, 0.2) is 0 Å². The third kappa shape index (κ3) is 4.95. The number of thiophene rings is 4. The highest BCUT2D eigenvalue weighted by Gasteiger charge is 2.20. The summed E-state index contributed by atoms with van der Waals surface area (Å²) in [6, 6.07) is 31.8. The van der Waals surface area contributed by atoms with E-state index in [0.29, 0.717) is 0 Å². The van der Waals surface area contributed by atoms with Crippen LogP contribution in [0.1, 0.15) is 50.3 Å². The average Bonchev–Trinajstić information content (AvgIpc) is 3.77. The lowest BCUT2D eigenvalue weighted by atomic mass is 10.0. The molecule has 4 heterocycles. The molecule has 8 rings (SSSR count). The maximum absolute atomic E-state index is 3.87. The van der Waals surface area contributed by atoms with Crippen LogP contribution in [0, 0.1) is 6.92 Å². The quantitative estimate of drug-likeness (QED) is 0.146. The Kier molecular flexibility index (Phi) is 7.67. The zero-order valence-electron chi connectivity index (χ0n) is 25.2. The number of fused-ring (bicyclic) bond motifs is 7. The minimum absolute atomic E-state index is 1.04. The van der Waals surface area contributed by atoms with Gasteiger partial charge >= 0.3 is 0 Å². The van der Waals surface area contributed by atoms with E-state index in [1.807, 2.05) is 45.3 Å². The van der Waals surface area contributed by atoms with Gasteiger partial charge in [-0.05, 0) is 48.7 Å². The first-order valence-corrected chi connectivity index (χ1v) is 19.1. The second kappa shape index (κ2) is 11.9. The Morgan fingerprint density at radius 2 is 1.07 bits per heavy atom. The van der Waals surface area contributed by atoms with Crippen molar-refractivity contribution in [2.45, 2.75) is 52.4 Å². The van der Waals surface area contributed by atoms with Crippen molar-refractivity contribution in [3.05, 3.63) is 89.8 Å². The lowest BCUT2D eigenvalue weighted by Gasteiger charge is -2.08. The van der Waals surface area contributed by atoms with Gasteiger partial charge in [-0.2, -0.15) is 0 Å². The normalized spacial score (nSPS) is 12.0. The number of unbranched alkanes of at least 4 members (excludes halogenated alkanes) is 5. The van der Waals surface area contributed by atoms with Crippen molar-refractivity contribution in [1.29, 1.82) is 0 Å². The van der Waals surface area contributed by atoms with Gasteiger partial charge in [-0.25, -0.2) is 0 Å². The Labute approximate surface area is 274 Å². The van der Waals surface area contributed by atoms with Gasteiger partial charge in [0.1, 0.15) is 0 Å². The molecular formula is C39H35NS4. The summed E-state index contributed by atoms with van der Waals surface area (Å²) in [5.74, 6) is 0. The number of benzene rings is 4. The molecule has 0 radical (unpaired) electrons. The fraction of sp³-hybridized carbons (Fsp3) is 0.231. The highest BCUT2D eigenvalue weighted by molar-refractivity contribution is 7.44. The van der Waals surface area contributed by atoms with E-state index in [0.717, 1.165) is 6.54 Å². The van der Waals surface area contributed by atoms with E-state index in [1.54, 1.807) is 0 Å². The monoisotopic (exact) mass is 645 g/mol. The summed E-state index contributed by atoms with van der Waals surface area (Å²) in [5, 5.41) is 12.2. The number of rotatable bonds is 10. The maximum atomic E-state index is 3.87. The molecule has 44 heavy (non-hydrogen) atoms. The molecule has 0 amide bonds. The Morgan fingerprint density at radius 1 is 0.545 bits per heavy atom. The van der Waals surface area contributed by atoms with E-state index < -0.39 is 0 Å². The first-order chi connectivity index (χ1) is 21.7. The molecule has 0 bridgehead atoms. The second-order valence-electron chi connectivity index (χ2n) is 11.8. The summed E-state index contributed by atoms with van der Waals surface area (Å²) in [6.07, 6.45) is 7.91. The number of anilines is 1. The fourth-order valence-electron chi connectivity index (χ4n) is 6.70. The fourth-order valence-corrected chi connectivity index (χ4v) is 11.6. The van der Waals surface area contributed by atoms with E-state index >= 15 is 0 Å². The van der Waals surface area contributed by atoms with Crippen LogP contribution in [-0.4, -0.2) is 6.54 Å². The van der Waals surface area contributed by atoms with Crippen LogP contribution in [0.4, 0.5) is 5.00 Å². The van der Waals surface area contributed by atoms with Crippen LogP contribution in [0.5, 0.6) is 0 Å². The molecule has 5 heteroatoms. The molecule has 220 valence electrons. The lowest BCUT2D eigenvalue weighted by molar-refractivity contribution is 0.617. The van der Waals surface area contributed by atoms with Gasteiger partial charge < -0.3 is 5.32 Å². The largest absolute Gasteiger partial charge is 0.376 e. The van der Waals surface area contributed by atoms with E-state index in [4.69, 9.17) is 0 Å². The van der Waals surface area contributed by atoms with Gasteiger partial charge in [0.25, 0.3) is 0 Å². The first-order valence-electron chi connectivity index (χ1n) is 15.8.